The first-order valence-electron chi connectivity index (χ1n) is 6.79. The molecule has 0 radical (unpaired) electrons. The fraction of sp³-hybridized carbons (Fsp3) is 0.500. The maximum Gasteiger partial charge on any atom is 0.303 e. The van der Waals surface area contributed by atoms with Crippen molar-refractivity contribution in [1.29, 1.82) is 0 Å². The molecule has 2 rings (SSSR count). The largest absolute Gasteiger partial charge is 0.481 e. The maximum atomic E-state index is 12.7. The van der Waals surface area contributed by atoms with Gasteiger partial charge in [-0.05, 0) is 43.4 Å². The summed E-state index contributed by atoms with van der Waals surface area (Å²) < 4.78 is 27.5. The number of halogens is 1. The molecule has 1 aliphatic rings. The fourth-order valence-corrected chi connectivity index (χ4v) is 4.82. The van der Waals surface area contributed by atoms with E-state index in [0.29, 0.717) is 36.4 Å². The third-order valence-corrected chi connectivity index (χ3v) is 6.34. The van der Waals surface area contributed by atoms with Crippen molar-refractivity contribution in [1.82, 2.24) is 4.31 Å². The van der Waals surface area contributed by atoms with E-state index in [9.17, 15) is 13.2 Å². The molecule has 7 heteroatoms. The van der Waals surface area contributed by atoms with Crippen LogP contribution in [-0.4, -0.2) is 36.9 Å². The molecule has 21 heavy (non-hydrogen) atoms. The van der Waals surface area contributed by atoms with Crippen molar-refractivity contribution in [2.75, 3.05) is 13.1 Å². The summed E-state index contributed by atoms with van der Waals surface area (Å²) in [5, 5.41) is 8.80. The van der Waals surface area contributed by atoms with Gasteiger partial charge < -0.3 is 5.11 Å². The van der Waals surface area contributed by atoms with Gasteiger partial charge in [-0.1, -0.05) is 22.0 Å². The minimum absolute atomic E-state index is 0.0672. The van der Waals surface area contributed by atoms with E-state index >= 15 is 0 Å². The van der Waals surface area contributed by atoms with Crippen LogP contribution in [0.3, 0.4) is 0 Å². The number of rotatable bonds is 4. The fourth-order valence-electron chi connectivity index (χ4n) is 2.59. The van der Waals surface area contributed by atoms with Crippen molar-refractivity contribution in [3.8, 4) is 0 Å². The molecule has 5 nitrogen and oxygen atoms in total. The number of piperidine rings is 1. The lowest BCUT2D eigenvalue weighted by Gasteiger charge is -2.31. The number of carboxylic acid groups (broad SMARTS) is 1. The molecule has 1 aliphatic heterocycles. The van der Waals surface area contributed by atoms with E-state index in [0.717, 1.165) is 4.47 Å². The van der Waals surface area contributed by atoms with Crippen molar-refractivity contribution in [3.05, 3.63) is 28.2 Å². The molecule has 0 atom stereocenters. The van der Waals surface area contributed by atoms with Crippen LogP contribution in [-0.2, 0) is 14.8 Å². The Morgan fingerprint density at radius 1 is 1.38 bits per heavy atom. The third-order valence-electron chi connectivity index (χ3n) is 3.80. The highest BCUT2D eigenvalue weighted by molar-refractivity contribution is 9.10. The highest BCUT2D eigenvalue weighted by Crippen LogP contribution is 2.28. The van der Waals surface area contributed by atoms with Crippen LogP contribution in [0.2, 0.25) is 0 Å². The number of nitrogens with zero attached hydrogens (tertiary/aromatic N) is 1. The van der Waals surface area contributed by atoms with Crippen molar-refractivity contribution in [2.45, 2.75) is 31.1 Å². The number of hydrogen-bond acceptors (Lipinski definition) is 3. The van der Waals surface area contributed by atoms with Gasteiger partial charge in [-0.15, -0.1) is 0 Å². The van der Waals surface area contributed by atoms with Gasteiger partial charge >= 0.3 is 5.97 Å². The number of aryl methyl sites for hydroxylation is 1. The summed E-state index contributed by atoms with van der Waals surface area (Å²) in [4.78, 5) is 11.0. The highest BCUT2D eigenvalue weighted by atomic mass is 79.9. The summed E-state index contributed by atoms with van der Waals surface area (Å²) in [7, 11) is -3.51. The minimum atomic E-state index is -3.51. The summed E-state index contributed by atoms with van der Waals surface area (Å²) in [6, 6.07) is 5.20. The van der Waals surface area contributed by atoms with Gasteiger partial charge in [-0.3, -0.25) is 4.79 Å². The molecule has 0 aliphatic carbocycles. The summed E-state index contributed by atoms with van der Waals surface area (Å²) in [6.45, 7) is 2.54. The zero-order chi connectivity index (χ0) is 15.6. The van der Waals surface area contributed by atoms with Gasteiger partial charge in [-0.25, -0.2) is 8.42 Å². The molecule has 1 heterocycles. The van der Waals surface area contributed by atoms with E-state index in [-0.39, 0.29) is 12.3 Å². The number of benzene rings is 1. The summed E-state index contributed by atoms with van der Waals surface area (Å²) in [5.74, 6) is -0.753. The highest BCUT2D eigenvalue weighted by Gasteiger charge is 2.31. The first-order chi connectivity index (χ1) is 9.80. The van der Waals surface area contributed by atoms with E-state index in [1.54, 1.807) is 19.1 Å². The Morgan fingerprint density at radius 3 is 2.57 bits per heavy atom. The number of carboxylic acids is 1. The van der Waals surface area contributed by atoms with Gasteiger partial charge in [0.2, 0.25) is 10.0 Å². The molecule has 0 bridgehead atoms. The third kappa shape index (κ3) is 3.84. The van der Waals surface area contributed by atoms with Gasteiger partial charge in [0.05, 0.1) is 4.90 Å². The average Bonchev–Trinajstić information content (AvgIpc) is 2.41. The lowest BCUT2D eigenvalue weighted by atomic mass is 9.95. The number of sulfonamides is 1. The summed E-state index contributed by atoms with van der Waals surface area (Å²) in [5.41, 5.74) is 0.714. The van der Waals surface area contributed by atoms with Gasteiger partial charge in [0, 0.05) is 24.0 Å². The van der Waals surface area contributed by atoms with Crippen molar-refractivity contribution >= 4 is 31.9 Å². The molecule has 1 aromatic carbocycles. The van der Waals surface area contributed by atoms with Crippen LogP contribution < -0.4 is 0 Å². The zero-order valence-corrected chi connectivity index (χ0v) is 14.2. The molecule has 1 N–H and O–H groups in total. The van der Waals surface area contributed by atoms with Crippen molar-refractivity contribution in [2.24, 2.45) is 5.92 Å². The molecule has 0 spiro atoms. The predicted molar refractivity (Wildman–Crippen MR) is 82.6 cm³/mol. The van der Waals surface area contributed by atoms with Crippen LogP contribution >= 0.6 is 15.9 Å². The topological polar surface area (TPSA) is 74.7 Å². The van der Waals surface area contributed by atoms with Crippen LogP contribution in [0.1, 0.15) is 24.8 Å². The van der Waals surface area contributed by atoms with E-state index in [1.165, 1.54) is 4.31 Å². The quantitative estimate of drug-likeness (QED) is 0.877. The van der Waals surface area contributed by atoms with Crippen LogP contribution in [0.4, 0.5) is 0 Å². The smallest absolute Gasteiger partial charge is 0.303 e. The standard InChI is InChI=1S/C14H18BrNO4S/c1-10-2-3-12(15)9-13(10)21(19,20)16-6-4-11(5-7-16)8-14(17)18/h2-3,9,11H,4-8H2,1H3,(H,17,18). The zero-order valence-electron chi connectivity index (χ0n) is 11.8. The Balaban J connectivity index is 2.15. The molecule has 0 amide bonds. The van der Waals surface area contributed by atoms with Gasteiger partial charge in [0.15, 0.2) is 0 Å². The van der Waals surface area contributed by atoms with Gasteiger partial charge in [0.25, 0.3) is 0 Å². The summed E-state index contributed by atoms with van der Waals surface area (Å²) in [6.07, 6.45) is 1.31. The first kappa shape index (κ1) is 16.5. The Morgan fingerprint density at radius 2 is 2.00 bits per heavy atom. The average molecular weight is 376 g/mol. The van der Waals surface area contributed by atoms with Gasteiger partial charge in [0.1, 0.15) is 0 Å². The van der Waals surface area contributed by atoms with Crippen LogP contribution in [0.15, 0.2) is 27.6 Å². The van der Waals surface area contributed by atoms with Crippen LogP contribution in [0, 0.1) is 12.8 Å². The Labute approximate surface area is 133 Å². The molecule has 0 unspecified atom stereocenters. The maximum absolute atomic E-state index is 12.7. The molecule has 116 valence electrons. The SMILES string of the molecule is Cc1ccc(Br)cc1S(=O)(=O)N1CCC(CC(=O)O)CC1. The lowest BCUT2D eigenvalue weighted by molar-refractivity contribution is -0.138. The molecular formula is C14H18BrNO4S. The summed E-state index contributed by atoms with van der Waals surface area (Å²) >= 11 is 3.30. The van der Waals surface area contributed by atoms with Crippen molar-refractivity contribution in [3.63, 3.8) is 0 Å². The second kappa shape index (κ2) is 6.46. The van der Waals surface area contributed by atoms with E-state index in [2.05, 4.69) is 15.9 Å². The molecule has 1 fully saturated rings. The number of aliphatic carboxylic acids is 1. The normalized spacial score (nSPS) is 17.8. The minimum Gasteiger partial charge on any atom is -0.481 e. The molecule has 0 saturated carbocycles. The van der Waals surface area contributed by atoms with Gasteiger partial charge in [-0.2, -0.15) is 4.31 Å². The Bertz CT molecular complexity index is 636. The molecule has 0 aromatic heterocycles. The van der Waals surface area contributed by atoms with E-state index in [4.69, 9.17) is 5.11 Å². The molecule has 1 saturated heterocycles. The first-order valence-corrected chi connectivity index (χ1v) is 9.02. The predicted octanol–water partition coefficient (Wildman–Crippen LogP) is 2.63. The van der Waals surface area contributed by atoms with E-state index < -0.39 is 16.0 Å². The monoisotopic (exact) mass is 375 g/mol. The molecule has 1 aromatic rings. The van der Waals surface area contributed by atoms with Crippen LogP contribution in [0.5, 0.6) is 0 Å². The van der Waals surface area contributed by atoms with Crippen LogP contribution in [0.25, 0.3) is 0 Å². The second-order valence-electron chi connectivity index (χ2n) is 5.36. The van der Waals surface area contributed by atoms with Crippen molar-refractivity contribution < 1.29 is 18.3 Å². The van der Waals surface area contributed by atoms with E-state index in [1.807, 2.05) is 6.07 Å². The number of carbonyl (C=O) groups is 1. The number of hydrogen-bond donors (Lipinski definition) is 1. The Kier molecular flexibility index (Phi) is 5.06. The Hall–Kier alpha value is -0.920. The second-order valence-corrected chi connectivity index (χ2v) is 8.18. The molecular weight excluding hydrogens is 358 g/mol. The lowest BCUT2D eigenvalue weighted by Crippen LogP contribution is -2.39.